The van der Waals surface area contributed by atoms with Gasteiger partial charge in [-0.3, -0.25) is 38.8 Å². The lowest BCUT2D eigenvalue weighted by Crippen LogP contribution is -2.50. The van der Waals surface area contributed by atoms with Crippen molar-refractivity contribution in [3.63, 3.8) is 0 Å². The van der Waals surface area contributed by atoms with Gasteiger partial charge < -0.3 is 52.7 Å². The van der Waals surface area contributed by atoms with Gasteiger partial charge in [0.15, 0.2) is 0 Å². The zero-order valence-electron chi connectivity index (χ0n) is 41.7. The molecule has 66 heavy (non-hydrogen) atoms. The zero-order chi connectivity index (χ0) is 49.1. The highest BCUT2D eigenvalue weighted by Crippen LogP contribution is 2.11. The van der Waals surface area contributed by atoms with Crippen LogP contribution in [0.3, 0.4) is 0 Å². The summed E-state index contributed by atoms with van der Waals surface area (Å²) in [6.07, 6.45) is 0. The van der Waals surface area contributed by atoms with Crippen molar-refractivity contribution in [1.82, 2.24) is 29.8 Å². The van der Waals surface area contributed by atoms with E-state index < -0.39 is 16.8 Å². The van der Waals surface area contributed by atoms with Crippen LogP contribution in [0, 0.1) is 5.53 Å². The molecule has 0 bridgehead atoms. The van der Waals surface area contributed by atoms with Gasteiger partial charge in [-0.05, 0) is 62.3 Å². The van der Waals surface area contributed by atoms with E-state index in [1.807, 2.05) is 81.9 Å². The normalized spacial score (nSPS) is 15.6. The average molecular weight is 950 g/mol. The van der Waals surface area contributed by atoms with Crippen molar-refractivity contribution in [2.75, 3.05) is 184 Å². The Kier molecular flexibility index (Phi) is 33.0. The Morgan fingerprint density at radius 2 is 0.697 bits per heavy atom. The summed E-state index contributed by atoms with van der Waals surface area (Å²) in [5.41, 5.74) is 4.61. The van der Waals surface area contributed by atoms with Crippen LogP contribution in [0.15, 0.2) is 5.11 Å². The lowest BCUT2D eigenvalue weighted by Gasteiger charge is -2.34. The van der Waals surface area contributed by atoms with Crippen molar-refractivity contribution < 1.29 is 66.5 Å². The molecular weight excluding hydrogens is 865 g/mol. The van der Waals surface area contributed by atoms with Gasteiger partial charge in [0.1, 0.15) is 34.0 Å². The predicted octanol–water partition coefficient (Wildman–Crippen LogP) is 1.02. The summed E-state index contributed by atoms with van der Waals surface area (Å²) in [6, 6.07) is 0. The van der Waals surface area contributed by atoms with E-state index in [1.165, 1.54) is 0 Å². The van der Waals surface area contributed by atoms with Gasteiger partial charge in [-0.15, -0.1) is 0 Å². The van der Waals surface area contributed by atoms with Gasteiger partial charge in [-0.2, -0.15) is 0 Å². The molecule has 1 heterocycles. The van der Waals surface area contributed by atoms with Crippen molar-refractivity contribution in [3.05, 3.63) is 0 Å². The third-order valence-electron chi connectivity index (χ3n) is 8.82. The third kappa shape index (κ3) is 38.8. The highest BCUT2D eigenvalue weighted by Gasteiger charge is 2.26. The number of carbonyl (C=O) groups is 4. The molecule has 1 rings (SSSR count). The van der Waals surface area contributed by atoms with Gasteiger partial charge in [0.05, 0.1) is 119 Å². The molecule has 0 radical (unpaired) electrons. The fourth-order valence-electron chi connectivity index (χ4n) is 5.98. The first-order valence-corrected chi connectivity index (χ1v) is 23.1. The minimum atomic E-state index is -0.650. The summed E-state index contributed by atoms with van der Waals surface area (Å²) >= 11 is 0. The molecule has 1 amide bonds. The van der Waals surface area contributed by atoms with Crippen LogP contribution in [0.1, 0.15) is 62.3 Å². The molecule has 0 unspecified atom stereocenters. The van der Waals surface area contributed by atoms with E-state index in [1.54, 1.807) is 0 Å². The van der Waals surface area contributed by atoms with Crippen LogP contribution in [0.4, 0.5) is 0 Å². The summed E-state index contributed by atoms with van der Waals surface area (Å²) < 4.78 is 55.3. The number of nitrogens with one attached hydrogen (secondary N) is 2. The molecule has 1 aliphatic heterocycles. The van der Waals surface area contributed by atoms with E-state index >= 15 is 0 Å². The Labute approximate surface area is 393 Å². The minimum Gasteiger partial charge on any atom is -0.459 e. The number of esters is 3. The number of ether oxygens (including phenoxy) is 10. The Hall–Kier alpha value is -3.25. The van der Waals surface area contributed by atoms with Crippen molar-refractivity contribution in [3.8, 4) is 0 Å². The van der Waals surface area contributed by atoms with Gasteiger partial charge in [0.2, 0.25) is 10.8 Å². The highest BCUT2D eigenvalue weighted by atomic mass is 16.6. The summed E-state index contributed by atoms with van der Waals surface area (Å²) in [5.74, 6) is -1.26. The number of carbonyl (C=O) groups excluding carboxylic acids is 4. The van der Waals surface area contributed by atoms with E-state index in [0.717, 1.165) is 0 Å². The fraction of sp³-hybridized carbons (Fsp3) is 0.909. The SMILES string of the molecule is CC(C)(C)OC(=O)CN1CCN(CC(=O)NCCOCCOCCOCCOCCOCCOCCOCCN=[N+]=N)CCN(CC(=O)OC(C)(C)C)CCN(CC(=O)OC(C)(C)C)CC1. The number of hydrogen-bond donors (Lipinski definition) is 2. The maximum atomic E-state index is 13.2. The topological polar surface area (TPSA) is 236 Å². The zero-order valence-corrected chi connectivity index (χ0v) is 41.7. The first-order valence-electron chi connectivity index (χ1n) is 23.1. The molecule has 2 N–H and O–H groups in total. The van der Waals surface area contributed by atoms with Crippen LogP contribution >= 0.6 is 0 Å². The van der Waals surface area contributed by atoms with E-state index in [-0.39, 0.29) is 50.0 Å². The largest absolute Gasteiger partial charge is 0.459 e. The van der Waals surface area contributed by atoms with Crippen LogP contribution in [0.2, 0.25) is 0 Å². The van der Waals surface area contributed by atoms with Gasteiger partial charge in [0.25, 0.3) is 0 Å². The average Bonchev–Trinajstić information content (AvgIpc) is 3.19. The monoisotopic (exact) mass is 950 g/mol. The first kappa shape index (κ1) is 60.8. The van der Waals surface area contributed by atoms with Crippen LogP contribution in [0.25, 0.3) is 0 Å². The van der Waals surface area contributed by atoms with Gasteiger partial charge in [0, 0.05) is 58.9 Å². The molecule has 22 heteroatoms. The number of amides is 1. The second-order valence-electron chi connectivity index (χ2n) is 18.5. The van der Waals surface area contributed by atoms with E-state index in [0.29, 0.717) is 158 Å². The van der Waals surface area contributed by atoms with Gasteiger partial charge >= 0.3 is 17.9 Å². The van der Waals surface area contributed by atoms with Crippen molar-refractivity contribution >= 4 is 23.8 Å². The number of rotatable bonds is 32. The summed E-state index contributed by atoms with van der Waals surface area (Å²) in [5, 5.41) is 6.42. The van der Waals surface area contributed by atoms with Gasteiger partial charge in [-0.25, -0.2) is 0 Å². The molecule has 0 atom stereocenters. The fourth-order valence-corrected chi connectivity index (χ4v) is 5.98. The molecule has 0 aliphatic carbocycles. The van der Waals surface area contributed by atoms with Crippen LogP contribution in [-0.2, 0) is 66.5 Å². The molecule has 0 aromatic heterocycles. The molecule has 1 fully saturated rings. The molecule has 384 valence electrons. The number of hydrogen-bond acceptors (Lipinski definition) is 20. The summed E-state index contributed by atoms with van der Waals surface area (Å²) in [7, 11) is 0. The quantitative estimate of drug-likeness (QED) is 0.0315. The third-order valence-corrected chi connectivity index (χ3v) is 8.82. The molecule has 1 saturated heterocycles. The Morgan fingerprint density at radius 3 is 0.970 bits per heavy atom. The van der Waals surface area contributed by atoms with Crippen molar-refractivity contribution in [2.24, 2.45) is 5.11 Å². The predicted molar refractivity (Wildman–Crippen MR) is 244 cm³/mol. The van der Waals surface area contributed by atoms with Crippen molar-refractivity contribution in [2.45, 2.75) is 79.1 Å². The highest BCUT2D eigenvalue weighted by molar-refractivity contribution is 5.78. The van der Waals surface area contributed by atoms with E-state index in [2.05, 4.69) is 15.3 Å². The first-order chi connectivity index (χ1) is 31.2. The Bertz CT molecular complexity index is 1330. The second-order valence-corrected chi connectivity index (χ2v) is 18.5. The summed E-state index contributed by atoms with van der Waals surface area (Å²) in [4.78, 5) is 62.9. The second kappa shape index (κ2) is 35.8. The Balaban J connectivity index is 2.51. The maximum absolute atomic E-state index is 13.2. The molecule has 0 aromatic rings. The van der Waals surface area contributed by atoms with E-state index in [4.69, 9.17) is 52.9 Å². The van der Waals surface area contributed by atoms with E-state index in [9.17, 15) is 19.2 Å². The van der Waals surface area contributed by atoms with Crippen LogP contribution in [0.5, 0.6) is 0 Å². The van der Waals surface area contributed by atoms with Crippen LogP contribution < -0.4 is 10.2 Å². The Morgan fingerprint density at radius 1 is 0.439 bits per heavy atom. The molecule has 22 nitrogen and oxygen atoms in total. The van der Waals surface area contributed by atoms with Gasteiger partial charge in [-0.1, -0.05) is 0 Å². The molecule has 0 saturated carbocycles. The molecular formula is C44H85N8O14+. The molecule has 0 aromatic carbocycles. The lowest BCUT2D eigenvalue weighted by atomic mass is 10.2. The summed E-state index contributed by atoms with van der Waals surface area (Å²) in [6.45, 7) is 26.9. The molecule has 1 aliphatic rings. The minimum absolute atomic E-state index is 0.0459. The maximum Gasteiger partial charge on any atom is 0.320 e. The standard InChI is InChI=1S/C44H84N8O14/c1-42(2,3)64-39(54)35-50-14-12-49(13-15-51(36-40(55)65-43(4,5)6)17-19-52(18-16-50)37-41(56)66-44(7,8)9)34-38(53)46-10-20-57-22-24-59-26-28-61-30-32-63-33-31-62-29-27-60-25-23-58-21-11-47-48-45/h45H,10-37H2,1-9H3/p+1. The van der Waals surface area contributed by atoms with Crippen LogP contribution in [-0.4, -0.2) is 244 Å². The molecule has 0 spiro atoms. The van der Waals surface area contributed by atoms with Crippen molar-refractivity contribution in [1.29, 1.82) is 5.53 Å². The smallest absolute Gasteiger partial charge is 0.320 e. The number of nitrogens with zero attached hydrogens (tertiary/aromatic N) is 6. The lowest BCUT2D eigenvalue weighted by molar-refractivity contribution is -0.158.